The summed E-state index contributed by atoms with van der Waals surface area (Å²) >= 11 is 0. The SMILES string of the molecule is C1CNCC(CNCC2COCCO2)C1. The number of hydrogen-bond donors (Lipinski definition) is 2. The largest absolute Gasteiger partial charge is 0.376 e. The first kappa shape index (κ1) is 11.3. The topological polar surface area (TPSA) is 42.5 Å². The average molecular weight is 214 g/mol. The lowest BCUT2D eigenvalue weighted by molar-refractivity contribution is -0.0865. The zero-order valence-electron chi connectivity index (χ0n) is 9.34. The third-order valence-electron chi connectivity index (χ3n) is 3.09. The monoisotopic (exact) mass is 214 g/mol. The summed E-state index contributed by atoms with van der Waals surface area (Å²) < 4.78 is 10.9. The Labute approximate surface area is 91.7 Å². The highest BCUT2D eigenvalue weighted by atomic mass is 16.6. The van der Waals surface area contributed by atoms with E-state index >= 15 is 0 Å². The van der Waals surface area contributed by atoms with Gasteiger partial charge in [-0.1, -0.05) is 0 Å². The fourth-order valence-electron chi connectivity index (χ4n) is 2.20. The predicted octanol–water partition coefficient (Wildman–Crippen LogP) is -0.00900. The first-order valence-corrected chi connectivity index (χ1v) is 6.06. The summed E-state index contributed by atoms with van der Waals surface area (Å²) in [5.74, 6) is 0.795. The molecule has 0 saturated carbocycles. The van der Waals surface area contributed by atoms with E-state index in [1.807, 2.05) is 0 Å². The van der Waals surface area contributed by atoms with Gasteiger partial charge in [-0.15, -0.1) is 0 Å². The Morgan fingerprint density at radius 2 is 2.27 bits per heavy atom. The summed E-state index contributed by atoms with van der Waals surface area (Å²) in [6.07, 6.45) is 2.92. The van der Waals surface area contributed by atoms with Crippen LogP contribution in [0.5, 0.6) is 0 Å². The van der Waals surface area contributed by atoms with Gasteiger partial charge in [0.15, 0.2) is 0 Å². The van der Waals surface area contributed by atoms with Crippen molar-refractivity contribution in [2.24, 2.45) is 5.92 Å². The van der Waals surface area contributed by atoms with Crippen molar-refractivity contribution < 1.29 is 9.47 Å². The molecule has 0 aromatic rings. The van der Waals surface area contributed by atoms with Crippen LogP contribution in [0.15, 0.2) is 0 Å². The first-order chi connectivity index (χ1) is 7.45. The van der Waals surface area contributed by atoms with Crippen LogP contribution in [0.1, 0.15) is 12.8 Å². The molecule has 0 aliphatic carbocycles. The minimum atomic E-state index is 0.260. The third kappa shape index (κ3) is 4.07. The van der Waals surface area contributed by atoms with Crippen LogP contribution in [-0.4, -0.2) is 52.1 Å². The fourth-order valence-corrected chi connectivity index (χ4v) is 2.20. The number of rotatable bonds is 4. The zero-order chi connectivity index (χ0) is 10.3. The summed E-state index contributed by atoms with van der Waals surface area (Å²) in [4.78, 5) is 0. The van der Waals surface area contributed by atoms with E-state index in [-0.39, 0.29) is 6.10 Å². The minimum Gasteiger partial charge on any atom is -0.376 e. The molecule has 2 atom stereocenters. The van der Waals surface area contributed by atoms with Crippen LogP contribution in [-0.2, 0) is 9.47 Å². The molecule has 2 unspecified atom stereocenters. The minimum absolute atomic E-state index is 0.260. The Morgan fingerprint density at radius 1 is 1.27 bits per heavy atom. The maximum atomic E-state index is 5.56. The van der Waals surface area contributed by atoms with Crippen molar-refractivity contribution in [3.8, 4) is 0 Å². The molecule has 4 heteroatoms. The second kappa shape index (κ2) is 6.43. The second-order valence-electron chi connectivity index (χ2n) is 4.44. The van der Waals surface area contributed by atoms with Gasteiger partial charge in [0.25, 0.3) is 0 Å². The average Bonchev–Trinajstić information content (AvgIpc) is 2.32. The molecule has 0 aromatic carbocycles. The van der Waals surface area contributed by atoms with Crippen LogP contribution in [0.2, 0.25) is 0 Å². The number of hydrogen-bond acceptors (Lipinski definition) is 4. The molecule has 2 rings (SSSR count). The van der Waals surface area contributed by atoms with Gasteiger partial charge in [-0.3, -0.25) is 0 Å². The van der Waals surface area contributed by atoms with Gasteiger partial charge in [-0.2, -0.15) is 0 Å². The van der Waals surface area contributed by atoms with E-state index in [1.54, 1.807) is 0 Å². The molecule has 2 fully saturated rings. The molecule has 0 bridgehead atoms. The summed E-state index contributed by atoms with van der Waals surface area (Å²) in [5.41, 5.74) is 0. The van der Waals surface area contributed by atoms with E-state index in [2.05, 4.69) is 10.6 Å². The summed E-state index contributed by atoms with van der Waals surface area (Å²) in [5, 5.41) is 6.91. The van der Waals surface area contributed by atoms with E-state index in [0.29, 0.717) is 0 Å². The van der Waals surface area contributed by atoms with E-state index in [1.165, 1.54) is 19.4 Å². The highest BCUT2D eigenvalue weighted by molar-refractivity contribution is 4.72. The first-order valence-electron chi connectivity index (χ1n) is 6.06. The van der Waals surface area contributed by atoms with Crippen LogP contribution in [0.3, 0.4) is 0 Å². The summed E-state index contributed by atoms with van der Waals surface area (Å²) in [6, 6.07) is 0. The summed E-state index contributed by atoms with van der Waals surface area (Å²) in [6.45, 7) is 6.63. The Bertz CT molecular complexity index is 148. The highest BCUT2D eigenvalue weighted by Crippen LogP contribution is 2.08. The van der Waals surface area contributed by atoms with Crippen molar-refractivity contribution in [2.45, 2.75) is 18.9 Å². The molecular formula is C11H22N2O2. The molecule has 0 amide bonds. The van der Waals surface area contributed by atoms with E-state index in [4.69, 9.17) is 9.47 Å². The molecule has 2 N–H and O–H groups in total. The number of nitrogens with one attached hydrogen (secondary N) is 2. The molecule has 4 nitrogen and oxygen atoms in total. The van der Waals surface area contributed by atoms with Gasteiger partial charge in [-0.25, -0.2) is 0 Å². The second-order valence-corrected chi connectivity index (χ2v) is 4.44. The predicted molar refractivity (Wildman–Crippen MR) is 59.0 cm³/mol. The number of ether oxygens (including phenoxy) is 2. The normalized spacial score (nSPS) is 32.8. The van der Waals surface area contributed by atoms with Crippen molar-refractivity contribution >= 4 is 0 Å². The van der Waals surface area contributed by atoms with E-state index < -0.39 is 0 Å². The maximum absolute atomic E-state index is 5.56. The van der Waals surface area contributed by atoms with Crippen LogP contribution < -0.4 is 10.6 Å². The van der Waals surface area contributed by atoms with E-state index in [0.717, 1.165) is 45.4 Å². The third-order valence-corrected chi connectivity index (χ3v) is 3.09. The van der Waals surface area contributed by atoms with Gasteiger partial charge in [0.05, 0.1) is 25.9 Å². The van der Waals surface area contributed by atoms with Gasteiger partial charge in [0.1, 0.15) is 0 Å². The van der Waals surface area contributed by atoms with Gasteiger partial charge in [-0.05, 0) is 38.4 Å². The van der Waals surface area contributed by atoms with Crippen LogP contribution >= 0.6 is 0 Å². The quantitative estimate of drug-likeness (QED) is 0.691. The Morgan fingerprint density at radius 3 is 3.00 bits per heavy atom. The Balaban J connectivity index is 1.53. The van der Waals surface area contributed by atoms with Crippen LogP contribution in [0.25, 0.3) is 0 Å². The molecule has 88 valence electrons. The van der Waals surface area contributed by atoms with Gasteiger partial charge in [0, 0.05) is 6.54 Å². The lowest BCUT2D eigenvalue weighted by Crippen LogP contribution is -2.41. The number of piperidine rings is 1. The van der Waals surface area contributed by atoms with Crippen molar-refractivity contribution in [2.75, 3.05) is 46.0 Å². The molecule has 15 heavy (non-hydrogen) atoms. The van der Waals surface area contributed by atoms with Gasteiger partial charge >= 0.3 is 0 Å². The standard InChI is InChI=1S/C11H22N2O2/c1-2-10(6-12-3-1)7-13-8-11-9-14-4-5-15-11/h10-13H,1-9H2. The zero-order valence-corrected chi connectivity index (χ0v) is 9.34. The molecule has 0 radical (unpaired) electrons. The molecule has 0 aromatic heterocycles. The summed E-state index contributed by atoms with van der Waals surface area (Å²) in [7, 11) is 0. The molecule has 2 aliphatic heterocycles. The lowest BCUT2D eigenvalue weighted by Gasteiger charge is -2.26. The molecule has 0 spiro atoms. The van der Waals surface area contributed by atoms with Crippen molar-refractivity contribution in [3.05, 3.63) is 0 Å². The van der Waals surface area contributed by atoms with Gasteiger partial charge in [0.2, 0.25) is 0 Å². The molecular weight excluding hydrogens is 192 g/mol. The van der Waals surface area contributed by atoms with Crippen LogP contribution in [0.4, 0.5) is 0 Å². The van der Waals surface area contributed by atoms with Gasteiger partial charge < -0.3 is 20.1 Å². The van der Waals surface area contributed by atoms with Crippen LogP contribution in [0, 0.1) is 5.92 Å². The molecule has 2 aliphatic rings. The van der Waals surface area contributed by atoms with Crippen molar-refractivity contribution in [3.63, 3.8) is 0 Å². The maximum Gasteiger partial charge on any atom is 0.0933 e. The fraction of sp³-hybridized carbons (Fsp3) is 1.00. The highest BCUT2D eigenvalue weighted by Gasteiger charge is 2.16. The van der Waals surface area contributed by atoms with Crippen molar-refractivity contribution in [1.82, 2.24) is 10.6 Å². The lowest BCUT2D eigenvalue weighted by atomic mass is 10.00. The van der Waals surface area contributed by atoms with Crippen molar-refractivity contribution in [1.29, 1.82) is 0 Å². The van der Waals surface area contributed by atoms with E-state index in [9.17, 15) is 0 Å². The smallest absolute Gasteiger partial charge is 0.0933 e. The molecule has 2 heterocycles. The molecule has 2 saturated heterocycles. The Hall–Kier alpha value is -0.160. The Kier molecular flexibility index (Phi) is 4.86.